The van der Waals surface area contributed by atoms with Crippen molar-refractivity contribution in [1.29, 1.82) is 0 Å². The summed E-state index contributed by atoms with van der Waals surface area (Å²) < 4.78 is 6.57. The SMILES string of the molecule is CC(CNC(=O)CCCCOc1ccc(Br)cc1)CC(=O)O. The number of halogens is 1. The van der Waals surface area contributed by atoms with Gasteiger partial charge in [0.25, 0.3) is 0 Å². The van der Waals surface area contributed by atoms with Crippen molar-refractivity contribution in [2.75, 3.05) is 13.2 Å². The maximum absolute atomic E-state index is 11.6. The van der Waals surface area contributed by atoms with Crippen molar-refractivity contribution in [1.82, 2.24) is 5.32 Å². The first-order valence-electron chi connectivity index (χ1n) is 7.34. The van der Waals surface area contributed by atoms with Crippen LogP contribution in [0.1, 0.15) is 32.6 Å². The molecule has 1 unspecified atom stereocenters. The van der Waals surface area contributed by atoms with E-state index in [4.69, 9.17) is 9.84 Å². The van der Waals surface area contributed by atoms with Crippen molar-refractivity contribution in [3.63, 3.8) is 0 Å². The zero-order valence-electron chi connectivity index (χ0n) is 12.7. The summed E-state index contributed by atoms with van der Waals surface area (Å²) in [5.41, 5.74) is 0. The maximum atomic E-state index is 11.6. The quantitative estimate of drug-likeness (QED) is 0.619. The Balaban J connectivity index is 2.05. The number of hydrogen-bond donors (Lipinski definition) is 2. The van der Waals surface area contributed by atoms with Crippen molar-refractivity contribution in [3.05, 3.63) is 28.7 Å². The highest BCUT2D eigenvalue weighted by Crippen LogP contribution is 2.16. The van der Waals surface area contributed by atoms with Crippen LogP contribution in [0.2, 0.25) is 0 Å². The molecule has 2 N–H and O–H groups in total. The largest absolute Gasteiger partial charge is 0.494 e. The molecule has 0 bridgehead atoms. The van der Waals surface area contributed by atoms with Crippen LogP contribution in [0.5, 0.6) is 5.75 Å². The monoisotopic (exact) mass is 371 g/mol. The first-order chi connectivity index (χ1) is 10.5. The van der Waals surface area contributed by atoms with Crippen LogP contribution in [0, 0.1) is 5.92 Å². The minimum Gasteiger partial charge on any atom is -0.494 e. The van der Waals surface area contributed by atoms with E-state index in [1.54, 1.807) is 6.92 Å². The molecule has 0 aromatic heterocycles. The van der Waals surface area contributed by atoms with Crippen LogP contribution >= 0.6 is 15.9 Å². The molecule has 0 heterocycles. The molecule has 22 heavy (non-hydrogen) atoms. The molecule has 0 saturated heterocycles. The number of ether oxygens (including phenoxy) is 1. The third-order valence-electron chi connectivity index (χ3n) is 3.05. The van der Waals surface area contributed by atoms with Gasteiger partial charge in [0.2, 0.25) is 5.91 Å². The Morgan fingerprint density at radius 3 is 2.59 bits per heavy atom. The molecule has 0 radical (unpaired) electrons. The highest BCUT2D eigenvalue weighted by atomic mass is 79.9. The number of nitrogens with one attached hydrogen (secondary N) is 1. The summed E-state index contributed by atoms with van der Waals surface area (Å²) in [5.74, 6) is -0.120. The average Bonchev–Trinajstić information content (AvgIpc) is 2.46. The molecular formula is C16H22BrNO4. The summed E-state index contributed by atoms with van der Waals surface area (Å²) in [7, 11) is 0. The van der Waals surface area contributed by atoms with Gasteiger partial charge in [0.15, 0.2) is 0 Å². The van der Waals surface area contributed by atoms with Gasteiger partial charge in [0, 0.05) is 23.9 Å². The highest BCUT2D eigenvalue weighted by Gasteiger charge is 2.09. The standard InChI is InChI=1S/C16H22BrNO4/c1-12(10-16(20)21)11-18-15(19)4-2-3-9-22-14-7-5-13(17)6-8-14/h5-8,12H,2-4,9-11H2,1H3,(H,18,19)(H,20,21). The van der Waals surface area contributed by atoms with E-state index in [0.29, 0.717) is 19.6 Å². The van der Waals surface area contributed by atoms with E-state index in [1.807, 2.05) is 24.3 Å². The average molecular weight is 372 g/mol. The zero-order valence-corrected chi connectivity index (χ0v) is 14.3. The number of carboxylic acids is 1. The van der Waals surface area contributed by atoms with E-state index in [2.05, 4.69) is 21.2 Å². The van der Waals surface area contributed by atoms with E-state index in [-0.39, 0.29) is 18.2 Å². The van der Waals surface area contributed by atoms with Crippen LogP contribution < -0.4 is 10.1 Å². The number of rotatable bonds is 10. The van der Waals surface area contributed by atoms with Gasteiger partial charge < -0.3 is 15.2 Å². The topological polar surface area (TPSA) is 75.6 Å². The van der Waals surface area contributed by atoms with Crippen LogP contribution in [-0.2, 0) is 9.59 Å². The van der Waals surface area contributed by atoms with Gasteiger partial charge in [-0.05, 0) is 43.0 Å². The molecule has 6 heteroatoms. The molecule has 0 spiro atoms. The minimum absolute atomic E-state index is 0.0409. The molecule has 1 aromatic rings. The summed E-state index contributed by atoms with van der Waals surface area (Å²) in [6.45, 7) is 2.78. The van der Waals surface area contributed by atoms with Gasteiger partial charge in [-0.15, -0.1) is 0 Å². The second-order valence-corrected chi connectivity index (χ2v) is 6.18. The predicted molar refractivity (Wildman–Crippen MR) is 87.9 cm³/mol. The molecule has 0 aliphatic rings. The van der Waals surface area contributed by atoms with Crippen LogP contribution in [0.3, 0.4) is 0 Å². The number of amides is 1. The van der Waals surface area contributed by atoms with Crippen molar-refractivity contribution >= 4 is 27.8 Å². The van der Waals surface area contributed by atoms with Crippen LogP contribution in [0.4, 0.5) is 0 Å². The number of unbranched alkanes of at least 4 members (excludes halogenated alkanes) is 1. The molecule has 0 aliphatic heterocycles. The van der Waals surface area contributed by atoms with Crippen LogP contribution in [0.25, 0.3) is 0 Å². The molecule has 5 nitrogen and oxygen atoms in total. The highest BCUT2D eigenvalue weighted by molar-refractivity contribution is 9.10. The van der Waals surface area contributed by atoms with E-state index < -0.39 is 5.97 Å². The molecule has 0 saturated carbocycles. The summed E-state index contributed by atoms with van der Waals surface area (Å²) in [6.07, 6.45) is 2.05. The van der Waals surface area contributed by atoms with Crippen LogP contribution in [0.15, 0.2) is 28.7 Å². The smallest absolute Gasteiger partial charge is 0.303 e. The van der Waals surface area contributed by atoms with Gasteiger partial charge in [0.05, 0.1) is 6.61 Å². The summed E-state index contributed by atoms with van der Waals surface area (Å²) in [4.78, 5) is 22.1. The Labute approximate surface area is 139 Å². The molecule has 1 rings (SSSR count). The van der Waals surface area contributed by atoms with Crippen molar-refractivity contribution in [2.45, 2.75) is 32.6 Å². The Bertz CT molecular complexity index is 476. The van der Waals surface area contributed by atoms with E-state index >= 15 is 0 Å². The van der Waals surface area contributed by atoms with Gasteiger partial charge in [-0.1, -0.05) is 22.9 Å². The lowest BCUT2D eigenvalue weighted by molar-refractivity contribution is -0.138. The minimum atomic E-state index is -0.841. The Hall–Kier alpha value is -1.56. The molecule has 1 aromatic carbocycles. The van der Waals surface area contributed by atoms with Gasteiger partial charge in [0.1, 0.15) is 5.75 Å². The summed E-state index contributed by atoms with van der Waals surface area (Å²) >= 11 is 3.36. The van der Waals surface area contributed by atoms with Crippen molar-refractivity contribution < 1.29 is 19.4 Å². The van der Waals surface area contributed by atoms with Crippen molar-refractivity contribution in [2.24, 2.45) is 5.92 Å². The summed E-state index contributed by atoms with van der Waals surface area (Å²) in [5, 5.41) is 11.4. The van der Waals surface area contributed by atoms with Crippen LogP contribution in [-0.4, -0.2) is 30.1 Å². The zero-order chi connectivity index (χ0) is 16.4. The summed E-state index contributed by atoms with van der Waals surface area (Å²) in [6, 6.07) is 7.61. The lowest BCUT2D eigenvalue weighted by atomic mass is 10.1. The van der Waals surface area contributed by atoms with E-state index in [0.717, 1.165) is 23.1 Å². The number of aliphatic carboxylic acids is 1. The molecular weight excluding hydrogens is 350 g/mol. The number of carbonyl (C=O) groups is 2. The normalized spacial score (nSPS) is 11.7. The van der Waals surface area contributed by atoms with Gasteiger partial charge in [-0.3, -0.25) is 9.59 Å². The third-order valence-corrected chi connectivity index (χ3v) is 3.58. The lowest BCUT2D eigenvalue weighted by Crippen LogP contribution is -2.29. The number of carbonyl (C=O) groups excluding carboxylic acids is 1. The number of benzene rings is 1. The molecule has 1 atom stereocenters. The molecule has 122 valence electrons. The number of hydrogen-bond acceptors (Lipinski definition) is 3. The Morgan fingerprint density at radius 1 is 1.27 bits per heavy atom. The lowest BCUT2D eigenvalue weighted by Gasteiger charge is -2.10. The van der Waals surface area contributed by atoms with Crippen molar-refractivity contribution in [3.8, 4) is 5.75 Å². The maximum Gasteiger partial charge on any atom is 0.303 e. The molecule has 0 fully saturated rings. The van der Waals surface area contributed by atoms with Gasteiger partial charge >= 0.3 is 5.97 Å². The van der Waals surface area contributed by atoms with Gasteiger partial charge in [-0.2, -0.15) is 0 Å². The fraction of sp³-hybridized carbons (Fsp3) is 0.500. The van der Waals surface area contributed by atoms with E-state index in [9.17, 15) is 9.59 Å². The fourth-order valence-electron chi connectivity index (χ4n) is 1.86. The fourth-order valence-corrected chi connectivity index (χ4v) is 2.12. The second kappa shape index (κ2) is 10.2. The number of carboxylic acid groups (broad SMARTS) is 1. The first-order valence-corrected chi connectivity index (χ1v) is 8.13. The Morgan fingerprint density at radius 2 is 1.95 bits per heavy atom. The Kier molecular flexibility index (Phi) is 8.58. The molecule has 1 amide bonds. The first kappa shape index (κ1) is 18.5. The molecule has 0 aliphatic carbocycles. The van der Waals surface area contributed by atoms with E-state index in [1.165, 1.54) is 0 Å². The second-order valence-electron chi connectivity index (χ2n) is 5.27. The third kappa shape index (κ3) is 8.67. The predicted octanol–water partition coefficient (Wildman–Crippen LogP) is 3.23. The van der Waals surface area contributed by atoms with Gasteiger partial charge in [-0.25, -0.2) is 0 Å².